The largest absolute Gasteiger partial charge is 0.325 e. The zero-order valence-electron chi connectivity index (χ0n) is 18.3. The molecule has 0 aliphatic carbocycles. The van der Waals surface area contributed by atoms with Crippen molar-refractivity contribution < 1.29 is 4.79 Å². The van der Waals surface area contributed by atoms with Gasteiger partial charge in [-0.1, -0.05) is 98.3 Å². The van der Waals surface area contributed by atoms with Crippen LogP contribution in [0.15, 0.2) is 91.0 Å². The topological polar surface area (TPSA) is 29.1 Å². The fourth-order valence-electron chi connectivity index (χ4n) is 4.10. The predicted molar refractivity (Wildman–Crippen MR) is 131 cm³/mol. The lowest BCUT2D eigenvalue weighted by atomic mass is 9.93. The fourth-order valence-corrected chi connectivity index (χ4v) is 4.10. The zero-order chi connectivity index (χ0) is 21.6. The second-order valence-corrected chi connectivity index (χ2v) is 8.12. The van der Waals surface area contributed by atoms with E-state index in [4.69, 9.17) is 0 Å². The molecule has 2 nitrogen and oxygen atoms in total. The van der Waals surface area contributed by atoms with Crippen LogP contribution in [0.3, 0.4) is 0 Å². The van der Waals surface area contributed by atoms with Gasteiger partial charge in [0.05, 0.1) is 5.92 Å². The molecule has 1 amide bonds. The quantitative estimate of drug-likeness (QED) is 0.336. The van der Waals surface area contributed by atoms with Gasteiger partial charge in [0.15, 0.2) is 0 Å². The van der Waals surface area contributed by atoms with Gasteiger partial charge in [0.1, 0.15) is 0 Å². The first-order valence-corrected chi connectivity index (χ1v) is 11.1. The molecule has 4 rings (SSSR count). The summed E-state index contributed by atoms with van der Waals surface area (Å²) >= 11 is 0. The number of hydrogen-bond donors (Lipinski definition) is 1. The zero-order valence-corrected chi connectivity index (χ0v) is 18.3. The number of benzene rings is 4. The van der Waals surface area contributed by atoms with E-state index in [9.17, 15) is 4.79 Å². The molecule has 1 N–H and O–H groups in total. The van der Waals surface area contributed by atoms with Gasteiger partial charge in [0, 0.05) is 5.69 Å². The maximum Gasteiger partial charge on any atom is 0.231 e. The number of nitrogens with one attached hydrogen (secondary N) is 1. The van der Waals surface area contributed by atoms with Crippen LogP contribution in [0.1, 0.15) is 43.7 Å². The molecule has 2 heteroatoms. The highest BCUT2D eigenvalue weighted by molar-refractivity contribution is 6.00. The van der Waals surface area contributed by atoms with Gasteiger partial charge in [-0.3, -0.25) is 4.79 Å². The molecule has 0 aromatic heterocycles. The van der Waals surface area contributed by atoms with E-state index in [1.165, 1.54) is 5.56 Å². The van der Waals surface area contributed by atoms with Crippen molar-refractivity contribution in [3.8, 4) is 11.1 Å². The van der Waals surface area contributed by atoms with Crippen LogP contribution < -0.4 is 5.32 Å². The van der Waals surface area contributed by atoms with Crippen molar-refractivity contribution in [1.82, 2.24) is 0 Å². The van der Waals surface area contributed by atoms with Gasteiger partial charge in [-0.05, 0) is 58.9 Å². The van der Waals surface area contributed by atoms with E-state index in [0.717, 1.165) is 52.4 Å². The SMILES string of the molecule is CCCCc1ccc(-c2ccccc2)cc1NC(=O)C(C)c1cccc2ccccc12. The molecule has 0 spiro atoms. The summed E-state index contributed by atoms with van der Waals surface area (Å²) in [6.07, 6.45) is 3.19. The lowest BCUT2D eigenvalue weighted by molar-refractivity contribution is -0.117. The summed E-state index contributed by atoms with van der Waals surface area (Å²) in [5.74, 6) is -0.218. The van der Waals surface area contributed by atoms with E-state index in [0.29, 0.717) is 0 Å². The highest BCUT2D eigenvalue weighted by Crippen LogP contribution is 2.30. The smallest absolute Gasteiger partial charge is 0.231 e. The second-order valence-electron chi connectivity index (χ2n) is 8.12. The van der Waals surface area contributed by atoms with Crippen LogP contribution in [0.2, 0.25) is 0 Å². The van der Waals surface area contributed by atoms with Crippen molar-refractivity contribution in [3.63, 3.8) is 0 Å². The van der Waals surface area contributed by atoms with Gasteiger partial charge in [0.25, 0.3) is 0 Å². The molecule has 4 aromatic rings. The molecule has 0 aliphatic heterocycles. The third-order valence-electron chi connectivity index (χ3n) is 5.96. The van der Waals surface area contributed by atoms with E-state index in [2.05, 4.69) is 66.8 Å². The number of rotatable bonds is 7. The number of aryl methyl sites for hydroxylation is 1. The summed E-state index contributed by atoms with van der Waals surface area (Å²) < 4.78 is 0. The molecule has 1 atom stereocenters. The summed E-state index contributed by atoms with van der Waals surface area (Å²) in [7, 11) is 0. The van der Waals surface area contributed by atoms with Gasteiger partial charge in [0.2, 0.25) is 5.91 Å². The summed E-state index contributed by atoms with van der Waals surface area (Å²) in [4.78, 5) is 13.3. The number of fused-ring (bicyclic) bond motifs is 1. The molecule has 0 radical (unpaired) electrons. The maximum atomic E-state index is 13.3. The van der Waals surface area contributed by atoms with Crippen LogP contribution in [0.25, 0.3) is 21.9 Å². The first-order chi connectivity index (χ1) is 15.2. The standard InChI is InChI=1S/C29H29NO/c1-3-4-11-24-18-19-25(22-12-6-5-7-13-22)20-28(24)30-29(31)21(2)26-17-10-15-23-14-8-9-16-27(23)26/h5-10,12-21H,3-4,11H2,1-2H3,(H,30,31). The minimum absolute atomic E-state index is 0.0271. The summed E-state index contributed by atoms with van der Waals surface area (Å²) in [6, 6.07) is 31.2. The number of unbranched alkanes of at least 4 members (excludes halogenated alkanes) is 1. The lowest BCUT2D eigenvalue weighted by Crippen LogP contribution is -2.20. The van der Waals surface area contributed by atoms with Crippen LogP contribution >= 0.6 is 0 Å². The van der Waals surface area contributed by atoms with Crippen LogP contribution in [0.5, 0.6) is 0 Å². The van der Waals surface area contributed by atoms with E-state index in [1.54, 1.807) is 0 Å². The van der Waals surface area contributed by atoms with Crippen molar-refractivity contribution in [1.29, 1.82) is 0 Å². The third kappa shape index (κ3) is 4.69. The van der Waals surface area contributed by atoms with Crippen molar-refractivity contribution in [2.45, 2.75) is 39.0 Å². The minimum Gasteiger partial charge on any atom is -0.325 e. The number of amides is 1. The fraction of sp³-hybridized carbons (Fsp3) is 0.207. The van der Waals surface area contributed by atoms with E-state index < -0.39 is 0 Å². The summed E-state index contributed by atoms with van der Waals surface area (Å²) in [5.41, 5.74) is 5.45. The Hall–Kier alpha value is -3.39. The average molecular weight is 408 g/mol. The molecule has 0 heterocycles. The molecule has 0 saturated heterocycles. The number of carbonyl (C=O) groups excluding carboxylic acids is 1. The van der Waals surface area contributed by atoms with Crippen molar-refractivity contribution in [3.05, 3.63) is 102 Å². The first kappa shape index (κ1) is 20.9. The highest BCUT2D eigenvalue weighted by atomic mass is 16.1. The van der Waals surface area contributed by atoms with Crippen LogP contribution in [-0.4, -0.2) is 5.91 Å². The normalized spacial score (nSPS) is 11.9. The van der Waals surface area contributed by atoms with Crippen LogP contribution in [0.4, 0.5) is 5.69 Å². The molecule has 0 bridgehead atoms. The Kier molecular flexibility index (Phi) is 6.47. The number of anilines is 1. The number of hydrogen-bond acceptors (Lipinski definition) is 1. The van der Waals surface area contributed by atoms with Gasteiger partial charge in [-0.15, -0.1) is 0 Å². The Morgan fingerprint density at radius 3 is 2.39 bits per heavy atom. The first-order valence-electron chi connectivity index (χ1n) is 11.1. The molecule has 31 heavy (non-hydrogen) atoms. The van der Waals surface area contributed by atoms with Crippen LogP contribution in [0, 0.1) is 0 Å². The highest BCUT2D eigenvalue weighted by Gasteiger charge is 2.19. The van der Waals surface area contributed by atoms with E-state index in [-0.39, 0.29) is 11.8 Å². The van der Waals surface area contributed by atoms with E-state index in [1.807, 2.05) is 43.3 Å². The maximum absolute atomic E-state index is 13.3. The summed E-state index contributed by atoms with van der Waals surface area (Å²) in [6.45, 7) is 4.18. The molecule has 0 fully saturated rings. The summed E-state index contributed by atoms with van der Waals surface area (Å²) in [5, 5.41) is 5.55. The van der Waals surface area contributed by atoms with Gasteiger partial charge < -0.3 is 5.32 Å². The lowest BCUT2D eigenvalue weighted by Gasteiger charge is -2.18. The molecule has 4 aromatic carbocycles. The molecule has 156 valence electrons. The molecule has 0 saturated carbocycles. The molecule has 0 aliphatic rings. The third-order valence-corrected chi connectivity index (χ3v) is 5.96. The Bertz CT molecular complexity index is 1170. The Morgan fingerprint density at radius 2 is 1.58 bits per heavy atom. The Balaban J connectivity index is 1.65. The number of carbonyl (C=O) groups is 1. The van der Waals surface area contributed by atoms with Crippen LogP contribution in [-0.2, 0) is 11.2 Å². The molecular formula is C29H29NO. The van der Waals surface area contributed by atoms with Crippen molar-refractivity contribution in [2.75, 3.05) is 5.32 Å². The predicted octanol–water partition coefficient (Wildman–Crippen LogP) is 7.59. The van der Waals surface area contributed by atoms with Crippen molar-refractivity contribution in [2.24, 2.45) is 0 Å². The van der Waals surface area contributed by atoms with Gasteiger partial charge in [-0.2, -0.15) is 0 Å². The van der Waals surface area contributed by atoms with Gasteiger partial charge in [-0.25, -0.2) is 0 Å². The Morgan fingerprint density at radius 1 is 0.839 bits per heavy atom. The van der Waals surface area contributed by atoms with Gasteiger partial charge >= 0.3 is 0 Å². The molecular weight excluding hydrogens is 378 g/mol. The van der Waals surface area contributed by atoms with E-state index >= 15 is 0 Å². The monoisotopic (exact) mass is 407 g/mol. The Labute approximate surface area is 184 Å². The molecule has 1 unspecified atom stereocenters. The minimum atomic E-state index is -0.245. The van der Waals surface area contributed by atoms with Crippen molar-refractivity contribution >= 4 is 22.4 Å². The average Bonchev–Trinajstić information content (AvgIpc) is 2.83. The second kappa shape index (κ2) is 9.61.